The number of rotatable bonds is 3. The van der Waals surface area contributed by atoms with Gasteiger partial charge in [0.25, 0.3) is 0 Å². The molecule has 2 nitrogen and oxygen atoms in total. The Bertz CT molecular complexity index is 378. The normalized spacial score (nSPS) is 19.2. The molecule has 0 bridgehead atoms. The van der Waals surface area contributed by atoms with Crippen LogP contribution in [-0.2, 0) is 0 Å². The van der Waals surface area contributed by atoms with Crippen molar-refractivity contribution in [2.45, 2.75) is 19.4 Å². The number of halogens is 2. The predicted octanol–water partition coefficient (Wildman–Crippen LogP) is 2.94. The van der Waals surface area contributed by atoms with Gasteiger partial charge in [0, 0.05) is 36.7 Å². The lowest BCUT2D eigenvalue weighted by Crippen LogP contribution is -2.45. The van der Waals surface area contributed by atoms with Crippen LogP contribution >= 0.6 is 15.9 Å². The molecule has 0 unspecified atom stereocenters. The number of hydrogen-bond acceptors (Lipinski definition) is 2. The summed E-state index contributed by atoms with van der Waals surface area (Å²) >= 11 is 3.53. The summed E-state index contributed by atoms with van der Waals surface area (Å²) in [6.45, 7) is 6.25. The lowest BCUT2D eigenvalue weighted by atomic mass is 10.0. The molecule has 1 heterocycles. The zero-order valence-corrected chi connectivity index (χ0v) is 11.6. The summed E-state index contributed by atoms with van der Waals surface area (Å²) in [6, 6.07) is 5.26. The SMILES string of the molecule is CC[C@@H](c1cc(F)ccc1Br)N1CCNCC1. The maximum absolute atomic E-state index is 13.4. The third-order valence-electron chi connectivity index (χ3n) is 3.30. The van der Waals surface area contributed by atoms with Crippen molar-refractivity contribution in [3.05, 3.63) is 34.1 Å². The molecule has 1 fully saturated rings. The van der Waals surface area contributed by atoms with Crippen molar-refractivity contribution < 1.29 is 4.39 Å². The van der Waals surface area contributed by atoms with Gasteiger partial charge in [-0.1, -0.05) is 22.9 Å². The van der Waals surface area contributed by atoms with Crippen LogP contribution in [-0.4, -0.2) is 31.1 Å². The van der Waals surface area contributed by atoms with Crippen LogP contribution in [0.4, 0.5) is 4.39 Å². The molecule has 0 aliphatic carbocycles. The van der Waals surface area contributed by atoms with E-state index in [-0.39, 0.29) is 5.82 Å². The molecule has 0 amide bonds. The van der Waals surface area contributed by atoms with Crippen LogP contribution in [0.3, 0.4) is 0 Å². The number of benzene rings is 1. The Kier molecular flexibility index (Phi) is 4.54. The molecule has 1 saturated heterocycles. The van der Waals surface area contributed by atoms with E-state index in [1.54, 1.807) is 12.1 Å². The summed E-state index contributed by atoms with van der Waals surface area (Å²) in [5.74, 6) is -0.156. The fourth-order valence-electron chi connectivity index (χ4n) is 2.44. The van der Waals surface area contributed by atoms with Crippen LogP contribution in [0, 0.1) is 5.82 Å². The van der Waals surface area contributed by atoms with Crippen molar-refractivity contribution in [2.24, 2.45) is 0 Å². The maximum atomic E-state index is 13.4. The van der Waals surface area contributed by atoms with Gasteiger partial charge in [-0.05, 0) is 30.2 Å². The van der Waals surface area contributed by atoms with Gasteiger partial charge in [0.05, 0.1) is 0 Å². The zero-order valence-electron chi connectivity index (χ0n) is 10.0. The van der Waals surface area contributed by atoms with E-state index < -0.39 is 0 Å². The molecular weight excluding hydrogens is 283 g/mol. The molecule has 17 heavy (non-hydrogen) atoms. The molecule has 1 aliphatic heterocycles. The van der Waals surface area contributed by atoms with Gasteiger partial charge < -0.3 is 5.32 Å². The van der Waals surface area contributed by atoms with Crippen molar-refractivity contribution in [1.82, 2.24) is 10.2 Å². The summed E-state index contributed by atoms with van der Waals surface area (Å²) in [4.78, 5) is 2.43. The Hall–Kier alpha value is -0.450. The average molecular weight is 301 g/mol. The van der Waals surface area contributed by atoms with Gasteiger partial charge >= 0.3 is 0 Å². The van der Waals surface area contributed by atoms with Crippen LogP contribution in [0.25, 0.3) is 0 Å². The highest BCUT2D eigenvalue weighted by Crippen LogP contribution is 2.31. The lowest BCUT2D eigenvalue weighted by Gasteiger charge is -2.35. The second-order valence-corrected chi connectivity index (χ2v) is 5.23. The maximum Gasteiger partial charge on any atom is 0.123 e. The monoisotopic (exact) mass is 300 g/mol. The van der Waals surface area contributed by atoms with Crippen molar-refractivity contribution in [3.63, 3.8) is 0 Å². The number of nitrogens with zero attached hydrogens (tertiary/aromatic N) is 1. The third kappa shape index (κ3) is 3.06. The molecule has 1 N–H and O–H groups in total. The Labute approximate surface area is 110 Å². The largest absolute Gasteiger partial charge is 0.314 e. The fraction of sp³-hybridized carbons (Fsp3) is 0.538. The number of piperazine rings is 1. The quantitative estimate of drug-likeness (QED) is 0.923. The molecule has 1 aromatic rings. The minimum atomic E-state index is -0.156. The summed E-state index contributed by atoms with van der Waals surface area (Å²) in [6.07, 6.45) is 1.00. The van der Waals surface area contributed by atoms with E-state index in [0.717, 1.165) is 42.6 Å². The van der Waals surface area contributed by atoms with Gasteiger partial charge in [-0.25, -0.2) is 4.39 Å². The highest BCUT2D eigenvalue weighted by molar-refractivity contribution is 9.10. The number of hydrogen-bond donors (Lipinski definition) is 1. The zero-order chi connectivity index (χ0) is 12.3. The first-order chi connectivity index (χ1) is 8.22. The third-order valence-corrected chi connectivity index (χ3v) is 4.02. The molecule has 0 aromatic heterocycles. The topological polar surface area (TPSA) is 15.3 Å². The predicted molar refractivity (Wildman–Crippen MR) is 71.6 cm³/mol. The van der Waals surface area contributed by atoms with Gasteiger partial charge in [0.1, 0.15) is 5.82 Å². The summed E-state index contributed by atoms with van der Waals surface area (Å²) in [7, 11) is 0. The lowest BCUT2D eigenvalue weighted by molar-refractivity contribution is 0.168. The van der Waals surface area contributed by atoms with Gasteiger partial charge in [-0.2, -0.15) is 0 Å². The summed E-state index contributed by atoms with van der Waals surface area (Å²) in [5.41, 5.74) is 1.06. The minimum absolute atomic E-state index is 0.156. The Morgan fingerprint density at radius 2 is 2.12 bits per heavy atom. The standard InChI is InChI=1S/C13H18BrFN2/c1-2-13(17-7-5-16-6-8-17)11-9-10(15)3-4-12(11)14/h3-4,9,13,16H,2,5-8H2,1H3/t13-/m0/s1. The molecule has 4 heteroatoms. The van der Waals surface area contributed by atoms with Crippen molar-refractivity contribution in [2.75, 3.05) is 26.2 Å². The molecule has 1 aromatic carbocycles. The van der Waals surface area contributed by atoms with Crippen LogP contribution in [0.2, 0.25) is 0 Å². The molecular formula is C13H18BrFN2. The van der Waals surface area contributed by atoms with E-state index in [4.69, 9.17) is 0 Å². The average Bonchev–Trinajstić information content (AvgIpc) is 2.36. The summed E-state index contributed by atoms with van der Waals surface area (Å²) < 4.78 is 14.4. The molecule has 0 saturated carbocycles. The first-order valence-electron chi connectivity index (χ1n) is 6.12. The van der Waals surface area contributed by atoms with Crippen molar-refractivity contribution in [3.8, 4) is 0 Å². The molecule has 94 valence electrons. The number of nitrogens with one attached hydrogen (secondary N) is 1. The Morgan fingerprint density at radius 1 is 1.41 bits per heavy atom. The Balaban J connectivity index is 2.24. The van der Waals surface area contributed by atoms with E-state index in [2.05, 4.69) is 33.1 Å². The van der Waals surface area contributed by atoms with E-state index in [0.29, 0.717) is 6.04 Å². The highest BCUT2D eigenvalue weighted by Gasteiger charge is 2.22. The van der Waals surface area contributed by atoms with E-state index in [1.165, 1.54) is 6.07 Å². The molecule has 1 atom stereocenters. The van der Waals surface area contributed by atoms with Crippen molar-refractivity contribution >= 4 is 15.9 Å². The first kappa shape index (κ1) is 13.0. The van der Waals surface area contributed by atoms with Gasteiger partial charge in [0.2, 0.25) is 0 Å². The second kappa shape index (κ2) is 5.94. The highest BCUT2D eigenvalue weighted by atomic mass is 79.9. The van der Waals surface area contributed by atoms with Crippen LogP contribution in [0.5, 0.6) is 0 Å². The van der Waals surface area contributed by atoms with E-state index >= 15 is 0 Å². The van der Waals surface area contributed by atoms with Gasteiger partial charge in [-0.3, -0.25) is 4.90 Å². The fourth-order valence-corrected chi connectivity index (χ4v) is 2.95. The second-order valence-electron chi connectivity index (χ2n) is 4.38. The first-order valence-corrected chi connectivity index (χ1v) is 6.91. The molecule has 1 aliphatic rings. The van der Waals surface area contributed by atoms with Crippen molar-refractivity contribution in [1.29, 1.82) is 0 Å². The van der Waals surface area contributed by atoms with Gasteiger partial charge in [-0.15, -0.1) is 0 Å². The Morgan fingerprint density at radius 3 is 2.76 bits per heavy atom. The van der Waals surface area contributed by atoms with Crippen LogP contribution in [0.1, 0.15) is 24.9 Å². The molecule has 0 spiro atoms. The van der Waals surface area contributed by atoms with Gasteiger partial charge in [0.15, 0.2) is 0 Å². The van der Waals surface area contributed by atoms with Crippen LogP contribution < -0.4 is 5.32 Å². The minimum Gasteiger partial charge on any atom is -0.314 e. The molecule has 0 radical (unpaired) electrons. The van der Waals surface area contributed by atoms with E-state index in [9.17, 15) is 4.39 Å². The molecule has 2 rings (SSSR count). The smallest absolute Gasteiger partial charge is 0.123 e. The van der Waals surface area contributed by atoms with Crippen LogP contribution in [0.15, 0.2) is 22.7 Å². The summed E-state index contributed by atoms with van der Waals surface area (Å²) in [5, 5.41) is 3.34. The van der Waals surface area contributed by atoms with E-state index in [1.807, 2.05) is 0 Å².